The van der Waals surface area contributed by atoms with Crippen LogP contribution in [0.25, 0.3) is 27.7 Å². The fourth-order valence-corrected chi connectivity index (χ4v) is 3.78. The zero-order chi connectivity index (χ0) is 19.7. The second-order valence-corrected chi connectivity index (χ2v) is 7.42. The van der Waals surface area contributed by atoms with Crippen LogP contribution >= 0.6 is 0 Å². The van der Waals surface area contributed by atoms with Gasteiger partial charge in [0.15, 0.2) is 0 Å². The molecule has 1 aliphatic rings. The van der Waals surface area contributed by atoms with Gasteiger partial charge in [0.25, 0.3) is 0 Å². The molecule has 1 amide bonds. The zero-order valence-electron chi connectivity index (χ0n) is 16.6. The quantitative estimate of drug-likeness (QED) is 0.570. The van der Waals surface area contributed by atoms with Gasteiger partial charge in [-0.2, -0.15) is 0 Å². The van der Waals surface area contributed by atoms with E-state index < -0.39 is 0 Å². The molecule has 2 aromatic carbocycles. The van der Waals surface area contributed by atoms with E-state index in [9.17, 15) is 4.79 Å². The molecule has 0 bridgehead atoms. The van der Waals surface area contributed by atoms with Crippen LogP contribution in [0.1, 0.15) is 30.9 Å². The zero-order valence-corrected chi connectivity index (χ0v) is 16.6. The molecule has 4 rings (SSSR count). The maximum absolute atomic E-state index is 12.6. The molecule has 1 aromatic heterocycles. The minimum absolute atomic E-state index is 0.0723. The molecular formula is C24H25NO3. The van der Waals surface area contributed by atoms with E-state index >= 15 is 0 Å². The highest BCUT2D eigenvalue weighted by Gasteiger charge is 2.18. The van der Waals surface area contributed by atoms with Crippen molar-refractivity contribution in [3.8, 4) is 16.9 Å². The molecule has 0 spiro atoms. The summed E-state index contributed by atoms with van der Waals surface area (Å²) in [6.45, 7) is 5.73. The van der Waals surface area contributed by atoms with Crippen molar-refractivity contribution >= 4 is 22.4 Å². The number of benzene rings is 2. The lowest BCUT2D eigenvalue weighted by atomic mass is 9.98. The van der Waals surface area contributed by atoms with Crippen molar-refractivity contribution in [1.29, 1.82) is 0 Å². The predicted molar refractivity (Wildman–Crippen MR) is 112 cm³/mol. The second kappa shape index (κ2) is 7.55. The molecule has 1 saturated heterocycles. The van der Waals surface area contributed by atoms with Crippen molar-refractivity contribution in [3.63, 3.8) is 0 Å². The van der Waals surface area contributed by atoms with Crippen LogP contribution < -0.4 is 4.74 Å². The topological polar surface area (TPSA) is 42.7 Å². The fourth-order valence-electron chi connectivity index (χ4n) is 3.78. The number of likely N-dealkylation sites (tertiary alicyclic amines) is 1. The fraction of sp³-hybridized carbons (Fsp3) is 0.292. The lowest BCUT2D eigenvalue weighted by Gasteiger charge is -2.14. The van der Waals surface area contributed by atoms with Crippen LogP contribution in [0.2, 0.25) is 0 Å². The smallest absolute Gasteiger partial charge is 0.246 e. The van der Waals surface area contributed by atoms with E-state index in [4.69, 9.17) is 9.15 Å². The SMILES string of the molecule is COc1cc2occ(-c3ccc(C)cc3)c2cc1/C(C)=C/C(=O)N1CCCC1. The molecule has 0 radical (unpaired) electrons. The van der Waals surface area contributed by atoms with E-state index in [1.807, 2.05) is 17.9 Å². The Hall–Kier alpha value is -3.01. The summed E-state index contributed by atoms with van der Waals surface area (Å²) >= 11 is 0. The molecule has 0 aliphatic carbocycles. The van der Waals surface area contributed by atoms with E-state index in [-0.39, 0.29) is 5.91 Å². The van der Waals surface area contributed by atoms with Crippen molar-refractivity contribution < 1.29 is 13.9 Å². The van der Waals surface area contributed by atoms with Crippen molar-refractivity contribution in [3.05, 3.63) is 59.9 Å². The van der Waals surface area contributed by atoms with Gasteiger partial charge < -0.3 is 14.1 Å². The summed E-state index contributed by atoms with van der Waals surface area (Å²) in [6, 6.07) is 12.4. The third-order valence-corrected chi connectivity index (χ3v) is 5.44. The van der Waals surface area contributed by atoms with Crippen molar-refractivity contribution in [2.45, 2.75) is 26.7 Å². The van der Waals surface area contributed by atoms with Gasteiger partial charge in [-0.3, -0.25) is 4.79 Å². The van der Waals surface area contributed by atoms with Crippen molar-refractivity contribution in [1.82, 2.24) is 4.90 Å². The van der Waals surface area contributed by atoms with Crippen LogP contribution in [-0.4, -0.2) is 31.0 Å². The van der Waals surface area contributed by atoms with Gasteiger partial charge in [-0.25, -0.2) is 0 Å². The third kappa shape index (κ3) is 3.42. The Kier molecular flexibility index (Phi) is 4.95. The van der Waals surface area contributed by atoms with E-state index in [0.29, 0.717) is 5.75 Å². The number of nitrogens with zero attached hydrogens (tertiary/aromatic N) is 1. The highest BCUT2D eigenvalue weighted by molar-refractivity contribution is 6.00. The minimum atomic E-state index is 0.0723. The van der Waals surface area contributed by atoms with Crippen LogP contribution in [0, 0.1) is 6.92 Å². The van der Waals surface area contributed by atoms with E-state index in [2.05, 4.69) is 37.3 Å². The molecule has 2 heterocycles. The Bertz CT molecular complexity index is 1040. The number of carbonyl (C=O) groups excluding carboxylic acids is 1. The third-order valence-electron chi connectivity index (χ3n) is 5.44. The summed E-state index contributed by atoms with van der Waals surface area (Å²) in [6.07, 6.45) is 5.68. The molecule has 3 aromatic rings. The lowest BCUT2D eigenvalue weighted by Crippen LogP contribution is -2.25. The summed E-state index contributed by atoms with van der Waals surface area (Å²) in [5.41, 5.74) is 5.95. The Balaban J connectivity index is 1.77. The maximum atomic E-state index is 12.6. The number of carbonyl (C=O) groups is 1. The maximum Gasteiger partial charge on any atom is 0.246 e. The van der Waals surface area contributed by atoms with Gasteiger partial charge in [-0.1, -0.05) is 29.8 Å². The number of aryl methyl sites for hydroxylation is 1. The Morgan fingerprint density at radius 1 is 1.14 bits per heavy atom. The average molecular weight is 375 g/mol. The number of methoxy groups -OCH3 is 1. The number of hydrogen-bond acceptors (Lipinski definition) is 3. The predicted octanol–water partition coefficient (Wildman–Crippen LogP) is 5.44. The molecule has 0 N–H and O–H groups in total. The average Bonchev–Trinajstić information content (AvgIpc) is 3.37. The first-order valence-electron chi connectivity index (χ1n) is 9.70. The Labute approximate surface area is 165 Å². The first-order valence-corrected chi connectivity index (χ1v) is 9.70. The number of amides is 1. The van der Waals surface area contributed by atoms with Crippen LogP contribution in [0.4, 0.5) is 0 Å². The number of furan rings is 1. The summed E-state index contributed by atoms with van der Waals surface area (Å²) in [7, 11) is 1.64. The van der Waals surface area contributed by atoms with Gasteiger partial charge in [-0.15, -0.1) is 0 Å². The van der Waals surface area contributed by atoms with E-state index in [1.54, 1.807) is 19.4 Å². The molecule has 0 saturated carbocycles. The summed E-state index contributed by atoms with van der Waals surface area (Å²) in [5.74, 6) is 0.781. The molecule has 1 fully saturated rings. The van der Waals surface area contributed by atoms with E-state index in [1.165, 1.54) is 5.56 Å². The van der Waals surface area contributed by atoms with Crippen molar-refractivity contribution in [2.75, 3.05) is 20.2 Å². The molecule has 4 heteroatoms. The normalized spacial score (nSPS) is 14.7. The Morgan fingerprint density at radius 2 is 1.86 bits per heavy atom. The van der Waals surface area contributed by atoms with Crippen LogP contribution in [0.5, 0.6) is 5.75 Å². The first kappa shape index (κ1) is 18.4. The standard InChI is InChI=1S/C24H25NO3/c1-16-6-8-18(9-7-16)21-15-28-23-14-22(27-3)19(13-20(21)23)17(2)12-24(26)25-10-4-5-11-25/h6-9,12-15H,4-5,10-11H2,1-3H3/b17-12+. The van der Waals surface area contributed by atoms with E-state index in [0.717, 1.165) is 59.2 Å². The monoisotopic (exact) mass is 375 g/mol. The summed E-state index contributed by atoms with van der Waals surface area (Å²) in [4.78, 5) is 14.5. The number of fused-ring (bicyclic) bond motifs is 1. The van der Waals surface area contributed by atoms with Crippen molar-refractivity contribution in [2.24, 2.45) is 0 Å². The summed E-state index contributed by atoms with van der Waals surface area (Å²) in [5, 5.41) is 1.01. The Morgan fingerprint density at radius 3 is 2.54 bits per heavy atom. The molecule has 28 heavy (non-hydrogen) atoms. The van der Waals surface area contributed by atoms with Gasteiger partial charge in [0.05, 0.1) is 13.4 Å². The second-order valence-electron chi connectivity index (χ2n) is 7.42. The molecular weight excluding hydrogens is 350 g/mol. The molecule has 144 valence electrons. The number of allylic oxidation sites excluding steroid dienone is 1. The summed E-state index contributed by atoms with van der Waals surface area (Å²) < 4.78 is 11.4. The van der Waals surface area contributed by atoms with Gasteiger partial charge in [0, 0.05) is 41.7 Å². The number of rotatable bonds is 4. The highest BCUT2D eigenvalue weighted by Crippen LogP contribution is 2.37. The van der Waals surface area contributed by atoms with Crippen LogP contribution in [0.15, 0.2) is 53.2 Å². The molecule has 1 aliphatic heterocycles. The minimum Gasteiger partial charge on any atom is -0.496 e. The first-order chi connectivity index (χ1) is 13.6. The molecule has 4 nitrogen and oxygen atoms in total. The number of ether oxygens (including phenoxy) is 1. The lowest BCUT2D eigenvalue weighted by molar-refractivity contribution is -0.124. The number of hydrogen-bond donors (Lipinski definition) is 0. The highest BCUT2D eigenvalue weighted by atomic mass is 16.5. The van der Waals surface area contributed by atoms with Gasteiger partial charge in [0.1, 0.15) is 11.3 Å². The van der Waals surface area contributed by atoms with Gasteiger partial charge in [-0.05, 0) is 43.9 Å². The largest absolute Gasteiger partial charge is 0.496 e. The van der Waals surface area contributed by atoms with Crippen LogP contribution in [0.3, 0.4) is 0 Å². The molecule has 0 atom stereocenters. The molecule has 0 unspecified atom stereocenters. The van der Waals surface area contributed by atoms with Gasteiger partial charge >= 0.3 is 0 Å². The van der Waals surface area contributed by atoms with Gasteiger partial charge in [0.2, 0.25) is 5.91 Å². The van der Waals surface area contributed by atoms with Crippen LogP contribution in [-0.2, 0) is 4.79 Å².